The van der Waals surface area contributed by atoms with Crippen molar-refractivity contribution in [1.82, 2.24) is 0 Å². The van der Waals surface area contributed by atoms with Gasteiger partial charge >= 0.3 is 6.36 Å². The van der Waals surface area contributed by atoms with Gasteiger partial charge < -0.3 is 14.4 Å². The van der Waals surface area contributed by atoms with Crippen LogP contribution in [0.4, 0.5) is 24.5 Å². The molecule has 1 aliphatic heterocycles. The molecule has 1 unspecified atom stereocenters. The molecule has 134 valence electrons. The first-order valence-corrected chi connectivity index (χ1v) is 8.64. The van der Waals surface area contributed by atoms with Crippen LogP contribution in [0.3, 0.4) is 0 Å². The van der Waals surface area contributed by atoms with Crippen LogP contribution in [0.1, 0.15) is 12.5 Å². The first kappa shape index (κ1) is 18.1. The van der Waals surface area contributed by atoms with Gasteiger partial charge in [-0.2, -0.15) is 0 Å². The van der Waals surface area contributed by atoms with Crippen LogP contribution in [0, 0.1) is 0 Å². The lowest BCUT2D eigenvalue weighted by molar-refractivity contribution is -0.274. The first-order chi connectivity index (χ1) is 11.8. The Hall–Kier alpha value is -1.73. The van der Waals surface area contributed by atoms with Gasteiger partial charge in [-0.1, -0.05) is 28.1 Å². The lowest BCUT2D eigenvalue weighted by atomic mass is 10.0. The van der Waals surface area contributed by atoms with Crippen molar-refractivity contribution in [2.24, 2.45) is 0 Å². The summed E-state index contributed by atoms with van der Waals surface area (Å²) in [5.41, 5.74) is 2.66. The SMILES string of the molecule is CC1Cc2ccc(Br)cc2N(c2cccc(OC(F)(F)F)c2)CCO1. The first-order valence-electron chi connectivity index (χ1n) is 7.85. The Morgan fingerprint density at radius 1 is 1.20 bits per heavy atom. The van der Waals surface area contributed by atoms with Gasteiger partial charge in [-0.25, -0.2) is 0 Å². The standard InChI is InChI=1S/C18H17BrF3NO2/c1-12-9-13-5-6-14(19)10-17(13)23(7-8-24-12)15-3-2-4-16(11-15)25-18(20,21)22/h2-6,10-12H,7-9H2,1H3. The number of rotatable bonds is 2. The van der Waals surface area contributed by atoms with E-state index in [0.717, 1.165) is 22.1 Å². The molecule has 0 radical (unpaired) electrons. The summed E-state index contributed by atoms with van der Waals surface area (Å²) in [4.78, 5) is 1.95. The van der Waals surface area contributed by atoms with Crippen LogP contribution >= 0.6 is 15.9 Å². The predicted molar refractivity (Wildman–Crippen MR) is 93.4 cm³/mol. The van der Waals surface area contributed by atoms with Gasteiger partial charge in [-0.15, -0.1) is 13.2 Å². The van der Waals surface area contributed by atoms with Crippen LogP contribution in [-0.2, 0) is 11.2 Å². The van der Waals surface area contributed by atoms with E-state index >= 15 is 0 Å². The molecule has 1 atom stereocenters. The Kier molecular flexibility index (Phi) is 5.24. The zero-order chi connectivity index (χ0) is 18.0. The second-order valence-corrected chi connectivity index (χ2v) is 6.77. The summed E-state index contributed by atoms with van der Waals surface area (Å²) in [6.45, 7) is 3.03. The molecule has 3 rings (SSSR count). The zero-order valence-electron chi connectivity index (χ0n) is 13.5. The molecule has 1 aliphatic rings. The number of halogens is 4. The van der Waals surface area contributed by atoms with Crippen LogP contribution in [0.25, 0.3) is 0 Å². The molecule has 0 aliphatic carbocycles. The molecule has 2 aromatic carbocycles. The molecule has 0 saturated carbocycles. The monoisotopic (exact) mass is 415 g/mol. The summed E-state index contributed by atoms with van der Waals surface area (Å²) in [6, 6.07) is 11.9. The molecule has 0 aromatic heterocycles. The van der Waals surface area contributed by atoms with E-state index in [1.54, 1.807) is 12.1 Å². The third kappa shape index (κ3) is 4.67. The highest BCUT2D eigenvalue weighted by Crippen LogP contribution is 2.35. The van der Waals surface area contributed by atoms with Crippen molar-refractivity contribution >= 4 is 27.3 Å². The zero-order valence-corrected chi connectivity index (χ0v) is 15.1. The third-order valence-corrected chi connectivity index (χ3v) is 4.42. The van der Waals surface area contributed by atoms with Crippen molar-refractivity contribution in [3.63, 3.8) is 0 Å². The predicted octanol–water partition coefficient (Wildman–Crippen LogP) is 5.45. The quantitative estimate of drug-likeness (QED) is 0.650. The molecule has 0 amide bonds. The van der Waals surface area contributed by atoms with Crippen molar-refractivity contribution < 1.29 is 22.6 Å². The number of ether oxygens (including phenoxy) is 2. The van der Waals surface area contributed by atoms with E-state index < -0.39 is 6.36 Å². The van der Waals surface area contributed by atoms with Gasteiger partial charge in [0.1, 0.15) is 5.75 Å². The number of anilines is 2. The number of alkyl halides is 3. The normalized spacial score (nSPS) is 18.3. The highest BCUT2D eigenvalue weighted by molar-refractivity contribution is 9.10. The van der Waals surface area contributed by atoms with Gasteiger partial charge in [-0.05, 0) is 36.8 Å². The van der Waals surface area contributed by atoms with E-state index in [-0.39, 0.29) is 11.9 Å². The summed E-state index contributed by atoms with van der Waals surface area (Å²) < 4.78 is 48.2. The fourth-order valence-electron chi connectivity index (χ4n) is 2.91. The average Bonchev–Trinajstić information content (AvgIpc) is 2.50. The number of nitrogens with zero attached hydrogens (tertiary/aromatic N) is 1. The number of benzene rings is 2. The number of hydrogen-bond acceptors (Lipinski definition) is 3. The molecule has 25 heavy (non-hydrogen) atoms. The fraction of sp³-hybridized carbons (Fsp3) is 0.333. The summed E-state index contributed by atoms with van der Waals surface area (Å²) in [5.74, 6) is -0.238. The van der Waals surface area contributed by atoms with Gasteiger partial charge in [0.2, 0.25) is 0 Å². The summed E-state index contributed by atoms with van der Waals surface area (Å²) >= 11 is 3.47. The van der Waals surface area contributed by atoms with E-state index in [4.69, 9.17) is 4.74 Å². The molecule has 2 aromatic rings. The molecular formula is C18H17BrF3NO2. The maximum Gasteiger partial charge on any atom is 0.573 e. The van der Waals surface area contributed by atoms with Crippen LogP contribution < -0.4 is 9.64 Å². The van der Waals surface area contributed by atoms with Gasteiger partial charge in [0.15, 0.2) is 0 Å². The average molecular weight is 416 g/mol. The molecule has 0 saturated heterocycles. The Morgan fingerprint density at radius 2 is 2.00 bits per heavy atom. The highest BCUT2D eigenvalue weighted by atomic mass is 79.9. The third-order valence-electron chi connectivity index (χ3n) is 3.93. The molecule has 0 N–H and O–H groups in total. The Labute approximate surface area is 152 Å². The van der Waals surface area contributed by atoms with Crippen molar-refractivity contribution in [2.45, 2.75) is 25.8 Å². The number of fused-ring (bicyclic) bond motifs is 1. The Bertz CT molecular complexity index is 751. The molecule has 0 spiro atoms. The summed E-state index contributed by atoms with van der Waals surface area (Å²) in [5, 5.41) is 0. The fourth-order valence-corrected chi connectivity index (χ4v) is 3.26. The van der Waals surface area contributed by atoms with E-state index in [1.807, 2.05) is 30.0 Å². The lowest BCUT2D eigenvalue weighted by Gasteiger charge is -2.31. The van der Waals surface area contributed by atoms with Crippen LogP contribution in [0.5, 0.6) is 5.75 Å². The molecule has 0 bridgehead atoms. The van der Waals surface area contributed by atoms with Crippen LogP contribution in [0.2, 0.25) is 0 Å². The smallest absolute Gasteiger partial charge is 0.406 e. The Morgan fingerprint density at radius 3 is 2.76 bits per heavy atom. The van der Waals surface area contributed by atoms with Crippen molar-refractivity contribution in [1.29, 1.82) is 0 Å². The molecule has 7 heteroatoms. The molecule has 3 nitrogen and oxygen atoms in total. The van der Waals surface area contributed by atoms with Crippen LogP contribution in [-0.4, -0.2) is 25.6 Å². The molecule has 0 fully saturated rings. The van der Waals surface area contributed by atoms with E-state index in [2.05, 4.69) is 20.7 Å². The van der Waals surface area contributed by atoms with Crippen molar-refractivity contribution in [2.75, 3.05) is 18.1 Å². The lowest BCUT2D eigenvalue weighted by Crippen LogP contribution is -2.29. The Balaban J connectivity index is 2.00. The van der Waals surface area contributed by atoms with Crippen LogP contribution in [0.15, 0.2) is 46.9 Å². The highest BCUT2D eigenvalue weighted by Gasteiger charge is 2.31. The number of hydrogen-bond donors (Lipinski definition) is 0. The summed E-state index contributed by atoms with van der Waals surface area (Å²) in [6.07, 6.45) is -3.89. The minimum Gasteiger partial charge on any atom is -0.406 e. The topological polar surface area (TPSA) is 21.7 Å². The molecule has 1 heterocycles. The van der Waals surface area contributed by atoms with Gasteiger partial charge in [0.05, 0.1) is 12.7 Å². The molecular weight excluding hydrogens is 399 g/mol. The second-order valence-electron chi connectivity index (χ2n) is 5.86. The van der Waals surface area contributed by atoms with Gasteiger partial charge in [-0.3, -0.25) is 0 Å². The van der Waals surface area contributed by atoms with Crippen molar-refractivity contribution in [3.8, 4) is 5.75 Å². The van der Waals surface area contributed by atoms with Gasteiger partial charge in [0, 0.05) is 34.9 Å². The summed E-state index contributed by atoms with van der Waals surface area (Å²) in [7, 11) is 0. The van der Waals surface area contributed by atoms with E-state index in [1.165, 1.54) is 12.1 Å². The van der Waals surface area contributed by atoms with E-state index in [0.29, 0.717) is 18.8 Å². The second kappa shape index (κ2) is 7.25. The minimum absolute atomic E-state index is 0.0852. The van der Waals surface area contributed by atoms with Gasteiger partial charge in [0.25, 0.3) is 0 Å². The van der Waals surface area contributed by atoms with Crippen molar-refractivity contribution in [3.05, 3.63) is 52.5 Å². The maximum absolute atomic E-state index is 12.5. The maximum atomic E-state index is 12.5. The van der Waals surface area contributed by atoms with E-state index in [9.17, 15) is 13.2 Å². The largest absolute Gasteiger partial charge is 0.573 e. The minimum atomic E-state index is -4.71.